The van der Waals surface area contributed by atoms with Gasteiger partial charge in [0.05, 0.1) is 12.0 Å². The van der Waals surface area contributed by atoms with Gasteiger partial charge in [0.1, 0.15) is 11.8 Å². The summed E-state index contributed by atoms with van der Waals surface area (Å²) >= 11 is 0. The summed E-state index contributed by atoms with van der Waals surface area (Å²) < 4.78 is 32.1. The zero-order valence-corrected chi connectivity index (χ0v) is 13.9. The molecule has 1 amide bonds. The topological polar surface area (TPSA) is 105 Å². The van der Waals surface area contributed by atoms with Gasteiger partial charge in [-0.3, -0.25) is 10.0 Å². The van der Waals surface area contributed by atoms with Crippen molar-refractivity contribution >= 4 is 15.9 Å². The van der Waals surface area contributed by atoms with Gasteiger partial charge in [-0.25, -0.2) is 13.9 Å². The molecule has 7 nitrogen and oxygen atoms in total. The van der Waals surface area contributed by atoms with Crippen LogP contribution in [0.1, 0.15) is 27.2 Å². The largest absolute Gasteiger partial charge is 0.497 e. The predicted octanol–water partition coefficient (Wildman–Crippen LogP) is 1.28. The Balaban J connectivity index is 3.12. The summed E-state index contributed by atoms with van der Waals surface area (Å²) in [6, 6.07) is 4.69. The van der Waals surface area contributed by atoms with Crippen LogP contribution in [0.4, 0.5) is 0 Å². The van der Waals surface area contributed by atoms with Crippen molar-refractivity contribution in [2.24, 2.45) is 5.41 Å². The number of rotatable bonds is 7. The Hall–Kier alpha value is -1.64. The molecule has 0 spiro atoms. The van der Waals surface area contributed by atoms with Gasteiger partial charge in [0.25, 0.3) is 5.91 Å². The van der Waals surface area contributed by atoms with E-state index in [-0.39, 0.29) is 4.90 Å². The van der Waals surface area contributed by atoms with Gasteiger partial charge in [0.15, 0.2) is 0 Å². The molecule has 0 heterocycles. The monoisotopic (exact) mass is 330 g/mol. The third kappa shape index (κ3) is 4.19. The van der Waals surface area contributed by atoms with Crippen molar-refractivity contribution in [1.29, 1.82) is 0 Å². The lowest BCUT2D eigenvalue weighted by atomic mass is 9.82. The first-order valence-electron chi connectivity index (χ1n) is 6.78. The fraction of sp³-hybridized carbons (Fsp3) is 0.500. The summed E-state index contributed by atoms with van der Waals surface area (Å²) in [6.45, 7) is 5.31. The van der Waals surface area contributed by atoms with Crippen molar-refractivity contribution < 1.29 is 23.2 Å². The highest BCUT2D eigenvalue weighted by molar-refractivity contribution is 7.89. The lowest BCUT2D eigenvalue weighted by Crippen LogP contribution is -2.53. The molecular weight excluding hydrogens is 308 g/mol. The normalized spacial score (nSPS) is 13.5. The number of nitrogens with one attached hydrogen (secondary N) is 2. The van der Waals surface area contributed by atoms with Crippen LogP contribution in [0.15, 0.2) is 29.2 Å². The molecule has 0 aliphatic rings. The maximum Gasteiger partial charge on any atom is 0.262 e. The number of methoxy groups -OCH3 is 1. The second kappa shape index (κ2) is 7.08. The second-order valence-corrected chi connectivity index (χ2v) is 7.26. The van der Waals surface area contributed by atoms with Crippen molar-refractivity contribution in [3.63, 3.8) is 0 Å². The molecule has 0 saturated heterocycles. The van der Waals surface area contributed by atoms with Crippen LogP contribution in [0.5, 0.6) is 5.75 Å². The van der Waals surface area contributed by atoms with Crippen LogP contribution in [-0.2, 0) is 14.8 Å². The molecule has 0 unspecified atom stereocenters. The van der Waals surface area contributed by atoms with Gasteiger partial charge in [-0.1, -0.05) is 20.8 Å². The van der Waals surface area contributed by atoms with Crippen molar-refractivity contribution in [2.75, 3.05) is 7.11 Å². The molecule has 0 aliphatic heterocycles. The minimum atomic E-state index is -3.91. The van der Waals surface area contributed by atoms with Gasteiger partial charge >= 0.3 is 0 Å². The fourth-order valence-corrected chi connectivity index (χ4v) is 3.18. The molecule has 0 bridgehead atoms. The van der Waals surface area contributed by atoms with Gasteiger partial charge in [-0.15, -0.1) is 0 Å². The zero-order chi connectivity index (χ0) is 17.0. The van der Waals surface area contributed by atoms with Crippen LogP contribution in [-0.4, -0.2) is 32.7 Å². The van der Waals surface area contributed by atoms with Crippen LogP contribution >= 0.6 is 0 Å². The van der Waals surface area contributed by atoms with Crippen LogP contribution < -0.4 is 14.9 Å². The molecule has 8 heteroatoms. The molecule has 1 aromatic rings. The van der Waals surface area contributed by atoms with E-state index in [1.807, 2.05) is 6.92 Å². The molecule has 0 saturated carbocycles. The van der Waals surface area contributed by atoms with Gasteiger partial charge in [0.2, 0.25) is 10.0 Å². The lowest BCUT2D eigenvalue weighted by Gasteiger charge is -2.32. The number of sulfonamides is 1. The standard InChI is InChI=1S/C14H22N2O5S/c1-5-14(2,3)12(13(17)15-18)16-22(19,20)11-8-6-10(21-4)7-9-11/h6-9,12,16,18H,5H2,1-4H3,(H,15,17)/t12-/m0/s1. The molecule has 3 N–H and O–H groups in total. The summed E-state index contributed by atoms with van der Waals surface area (Å²) in [7, 11) is -2.43. The first kappa shape index (κ1) is 18.4. The van der Waals surface area contributed by atoms with Crippen molar-refractivity contribution in [2.45, 2.75) is 38.1 Å². The maximum atomic E-state index is 12.4. The SMILES string of the molecule is CCC(C)(C)[C@@H](NS(=O)(=O)c1ccc(OC)cc1)C(=O)NO. The van der Waals surface area contributed by atoms with E-state index in [4.69, 9.17) is 9.94 Å². The minimum Gasteiger partial charge on any atom is -0.497 e. The number of carbonyl (C=O) groups excluding carboxylic acids is 1. The van der Waals surface area contributed by atoms with E-state index in [0.717, 1.165) is 0 Å². The van der Waals surface area contributed by atoms with E-state index in [9.17, 15) is 13.2 Å². The van der Waals surface area contributed by atoms with Gasteiger partial charge < -0.3 is 4.74 Å². The average Bonchev–Trinajstić information content (AvgIpc) is 2.51. The van der Waals surface area contributed by atoms with E-state index in [1.165, 1.54) is 36.9 Å². The van der Waals surface area contributed by atoms with E-state index >= 15 is 0 Å². The number of hydrogen-bond donors (Lipinski definition) is 3. The highest BCUT2D eigenvalue weighted by Gasteiger charge is 2.37. The Bertz CT molecular complexity index is 611. The second-order valence-electron chi connectivity index (χ2n) is 5.55. The third-order valence-electron chi connectivity index (χ3n) is 3.71. The summed E-state index contributed by atoms with van der Waals surface area (Å²) in [6.07, 6.45) is 0.538. The Morgan fingerprint density at radius 1 is 1.32 bits per heavy atom. The fourth-order valence-electron chi connectivity index (χ4n) is 1.81. The van der Waals surface area contributed by atoms with Crippen LogP contribution in [0.2, 0.25) is 0 Å². The van der Waals surface area contributed by atoms with E-state index in [1.54, 1.807) is 13.8 Å². The quantitative estimate of drug-likeness (QED) is 0.516. The Labute approximate surface area is 130 Å². The van der Waals surface area contributed by atoms with E-state index in [2.05, 4.69) is 4.72 Å². The van der Waals surface area contributed by atoms with E-state index in [0.29, 0.717) is 12.2 Å². The number of ether oxygens (including phenoxy) is 1. The number of hydroxylamine groups is 1. The third-order valence-corrected chi connectivity index (χ3v) is 5.15. The first-order chi connectivity index (χ1) is 10.2. The number of amides is 1. The molecular formula is C14H22N2O5S. The minimum absolute atomic E-state index is 0.0101. The Morgan fingerprint density at radius 2 is 1.86 bits per heavy atom. The van der Waals surface area contributed by atoms with Crippen molar-refractivity contribution in [3.8, 4) is 5.75 Å². The first-order valence-corrected chi connectivity index (χ1v) is 8.26. The molecule has 0 fully saturated rings. The number of carbonyl (C=O) groups is 1. The molecule has 1 atom stereocenters. The Morgan fingerprint density at radius 3 is 2.27 bits per heavy atom. The summed E-state index contributed by atoms with van der Waals surface area (Å²) in [4.78, 5) is 11.8. The van der Waals surface area contributed by atoms with Crippen molar-refractivity contribution in [1.82, 2.24) is 10.2 Å². The molecule has 0 aliphatic carbocycles. The summed E-state index contributed by atoms with van der Waals surface area (Å²) in [5.74, 6) is -0.276. The predicted molar refractivity (Wildman–Crippen MR) is 81.1 cm³/mol. The van der Waals surface area contributed by atoms with Gasteiger partial charge in [-0.05, 0) is 36.1 Å². The van der Waals surface area contributed by atoms with Crippen LogP contribution in [0.3, 0.4) is 0 Å². The maximum absolute atomic E-state index is 12.4. The van der Waals surface area contributed by atoms with Crippen LogP contribution in [0.25, 0.3) is 0 Å². The molecule has 1 aromatic carbocycles. The highest BCUT2D eigenvalue weighted by atomic mass is 32.2. The zero-order valence-electron chi connectivity index (χ0n) is 13.1. The summed E-state index contributed by atoms with van der Waals surface area (Å²) in [5, 5.41) is 8.85. The number of hydrogen-bond acceptors (Lipinski definition) is 5. The smallest absolute Gasteiger partial charge is 0.262 e. The molecule has 1 rings (SSSR count). The van der Waals surface area contributed by atoms with Crippen molar-refractivity contribution in [3.05, 3.63) is 24.3 Å². The molecule has 124 valence electrons. The number of benzene rings is 1. The van der Waals surface area contributed by atoms with Crippen LogP contribution in [0, 0.1) is 5.41 Å². The molecule has 0 aromatic heterocycles. The van der Waals surface area contributed by atoms with E-state index < -0.39 is 27.4 Å². The molecule has 22 heavy (non-hydrogen) atoms. The van der Waals surface area contributed by atoms with Gasteiger partial charge in [-0.2, -0.15) is 4.72 Å². The Kier molecular flexibility index (Phi) is 5.92. The highest BCUT2D eigenvalue weighted by Crippen LogP contribution is 2.27. The lowest BCUT2D eigenvalue weighted by molar-refractivity contribution is -0.133. The molecule has 0 radical (unpaired) electrons. The van der Waals surface area contributed by atoms with Gasteiger partial charge in [0, 0.05) is 0 Å². The average molecular weight is 330 g/mol. The summed E-state index contributed by atoms with van der Waals surface area (Å²) in [5.41, 5.74) is 0.838.